The fourth-order valence-corrected chi connectivity index (χ4v) is 6.49. The quantitative estimate of drug-likeness (QED) is 0.0886. The zero-order valence-corrected chi connectivity index (χ0v) is 27.0. The Hall–Kier alpha value is -5.00. The molecule has 45 heavy (non-hydrogen) atoms. The molecule has 14 heteroatoms. The van der Waals surface area contributed by atoms with Crippen LogP contribution in [-0.4, -0.2) is 85.9 Å². The molecule has 0 saturated carbocycles. The molecule has 0 aliphatic carbocycles. The van der Waals surface area contributed by atoms with Crippen LogP contribution in [0.3, 0.4) is 0 Å². The summed E-state index contributed by atoms with van der Waals surface area (Å²) in [4.78, 5) is 23.7. The number of fused-ring (bicyclic) bond motifs is 2. The largest absolute Gasteiger partial charge is 0.494 e. The second-order valence-electron chi connectivity index (χ2n) is 10.6. The Morgan fingerprint density at radius 3 is 2.60 bits per heavy atom. The summed E-state index contributed by atoms with van der Waals surface area (Å²) >= 11 is 0. The van der Waals surface area contributed by atoms with Crippen LogP contribution in [0.2, 0.25) is 0 Å². The summed E-state index contributed by atoms with van der Waals surface area (Å²) in [6, 6.07) is 9.39. The fraction of sp³-hybridized carbons (Fsp3) is 0.258. The molecule has 234 valence electrons. The van der Waals surface area contributed by atoms with Crippen LogP contribution in [0, 0.1) is 5.41 Å². The van der Waals surface area contributed by atoms with E-state index in [0.29, 0.717) is 69.6 Å². The highest BCUT2D eigenvalue weighted by Crippen LogP contribution is 2.42. The van der Waals surface area contributed by atoms with E-state index in [1.54, 1.807) is 59.4 Å². The van der Waals surface area contributed by atoms with Gasteiger partial charge in [0.2, 0.25) is 5.95 Å². The molecule has 0 atom stereocenters. The zero-order valence-electron chi connectivity index (χ0n) is 26.1. The number of allylic oxidation sites excluding steroid dienone is 1. The molecule has 13 nitrogen and oxygen atoms in total. The minimum Gasteiger partial charge on any atom is -0.494 e. The topological polar surface area (TPSA) is 166 Å². The van der Waals surface area contributed by atoms with Gasteiger partial charge >= 0.3 is 0 Å². The Morgan fingerprint density at radius 2 is 1.89 bits per heavy atom. The van der Waals surface area contributed by atoms with Crippen molar-refractivity contribution in [2.24, 2.45) is 0 Å². The number of H-pyrrole nitrogens is 1. The lowest BCUT2D eigenvalue weighted by Gasteiger charge is -2.25. The van der Waals surface area contributed by atoms with Gasteiger partial charge in [-0.2, -0.15) is 9.97 Å². The highest BCUT2D eigenvalue weighted by atomic mass is 31.2. The number of methoxy groups -OCH3 is 2. The number of hydrogen-bond acceptors (Lipinski definition) is 12. The predicted octanol–water partition coefficient (Wildman–Crippen LogP) is 4.94. The van der Waals surface area contributed by atoms with Crippen molar-refractivity contribution in [3.8, 4) is 5.75 Å². The molecule has 3 aromatic heterocycles. The average molecular weight is 629 g/mol. The minimum absolute atomic E-state index is 0.296. The first-order valence-corrected chi connectivity index (χ1v) is 16.8. The van der Waals surface area contributed by atoms with Gasteiger partial charge in [-0.25, -0.2) is 0 Å². The monoisotopic (exact) mass is 628 g/mol. The van der Waals surface area contributed by atoms with Crippen molar-refractivity contribution in [2.45, 2.75) is 0 Å². The molecule has 2 aromatic carbocycles. The van der Waals surface area contributed by atoms with Crippen molar-refractivity contribution >= 4 is 75.1 Å². The molecule has 0 spiro atoms. The Labute approximate surface area is 261 Å². The average Bonchev–Trinajstić information content (AvgIpc) is 3.50. The Bertz CT molecular complexity index is 1930. The number of hydrogen-bond donors (Lipinski definition) is 5. The molecule has 5 rings (SSSR count). The van der Waals surface area contributed by atoms with Crippen molar-refractivity contribution in [3.05, 3.63) is 60.7 Å². The van der Waals surface area contributed by atoms with Crippen LogP contribution in [0.4, 0.5) is 28.8 Å². The second kappa shape index (κ2) is 13.3. The molecular formula is C31H37N10O3P. The number of aromatic nitrogens is 5. The van der Waals surface area contributed by atoms with Crippen molar-refractivity contribution in [3.63, 3.8) is 0 Å². The lowest BCUT2D eigenvalue weighted by Crippen LogP contribution is -2.23. The van der Waals surface area contributed by atoms with Gasteiger partial charge in [-0.15, -0.1) is 0 Å². The van der Waals surface area contributed by atoms with Gasteiger partial charge in [0.1, 0.15) is 29.9 Å². The first-order valence-electron chi connectivity index (χ1n) is 14.2. The molecular weight excluding hydrogens is 591 g/mol. The number of nitrogens with one attached hydrogen (secondary N) is 5. The van der Waals surface area contributed by atoms with E-state index < -0.39 is 7.14 Å². The summed E-state index contributed by atoms with van der Waals surface area (Å²) in [6.07, 6.45) is 8.06. The van der Waals surface area contributed by atoms with Crippen LogP contribution < -0.4 is 30.9 Å². The van der Waals surface area contributed by atoms with E-state index in [2.05, 4.69) is 30.9 Å². The molecule has 0 aliphatic heterocycles. The third-order valence-electron chi connectivity index (χ3n) is 7.19. The summed E-state index contributed by atoms with van der Waals surface area (Å²) in [5, 5.41) is 19.2. The van der Waals surface area contributed by atoms with Crippen LogP contribution in [0.1, 0.15) is 5.56 Å². The number of benzene rings is 2. The number of nitrogens with zero attached hydrogens (tertiary/aromatic N) is 5. The second-order valence-corrected chi connectivity index (χ2v) is 13.8. The standard InChI is InChI=1S/C31H37N10O3P/c1-33-18-19(17-32)21-15-24(26(44-4)16-25(21)41(2)13-14-43-3)38-31-39-29-20(9-10-36-29)30(40-31)37-23-8-7-22-27(35-12-11-34-22)28(23)45(5,6)42/h7-12,15-18,32-33H,13-14H2,1-6H3,(H3,36,37,38,39,40)/b19-18+,32-17?. The van der Waals surface area contributed by atoms with E-state index in [1.807, 2.05) is 42.3 Å². The molecule has 5 N–H and O–H groups in total. The van der Waals surface area contributed by atoms with Gasteiger partial charge in [0.25, 0.3) is 0 Å². The van der Waals surface area contributed by atoms with E-state index in [4.69, 9.17) is 24.9 Å². The summed E-state index contributed by atoms with van der Waals surface area (Å²) in [5.41, 5.74) is 5.39. The fourth-order valence-electron chi connectivity index (χ4n) is 5.09. The van der Waals surface area contributed by atoms with Gasteiger partial charge in [0, 0.05) is 81.6 Å². The van der Waals surface area contributed by atoms with Gasteiger partial charge in [-0.05, 0) is 37.6 Å². The Morgan fingerprint density at radius 1 is 1.09 bits per heavy atom. The third kappa shape index (κ3) is 6.59. The Kier molecular flexibility index (Phi) is 9.31. The summed E-state index contributed by atoms with van der Waals surface area (Å²) < 4.78 is 24.6. The third-order valence-corrected chi connectivity index (χ3v) is 8.72. The van der Waals surface area contributed by atoms with E-state index in [1.165, 1.54) is 6.21 Å². The van der Waals surface area contributed by atoms with Crippen molar-refractivity contribution in [2.75, 3.05) is 70.3 Å². The van der Waals surface area contributed by atoms with Gasteiger partial charge in [-0.1, -0.05) is 0 Å². The lowest BCUT2D eigenvalue weighted by atomic mass is 10.0. The van der Waals surface area contributed by atoms with Crippen molar-refractivity contribution < 1.29 is 14.0 Å². The number of rotatable bonds is 13. The van der Waals surface area contributed by atoms with Gasteiger partial charge in [0.15, 0.2) is 0 Å². The molecule has 0 amide bonds. The lowest BCUT2D eigenvalue weighted by molar-refractivity contribution is 0.206. The molecule has 0 saturated heterocycles. The van der Waals surface area contributed by atoms with E-state index in [-0.39, 0.29) is 0 Å². The van der Waals surface area contributed by atoms with Crippen LogP contribution in [0.15, 0.2) is 55.1 Å². The van der Waals surface area contributed by atoms with E-state index in [9.17, 15) is 4.57 Å². The molecule has 0 radical (unpaired) electrons. The summed E-state index contributed by atoms with van der Waals surface area (Å²) in [7, 11) is 4.22. The maximum atomic E-state index is 13.5. The van der Waals surface area contributed by atoms with Gasteiger partial charge in [-0.3, -0.25) is 9.97 Å². The number of anilines is 5. The van der Waals surface area contributed by atoms with E-state index in [0.717, 1.165) is 16.6 Å². The highest BCUT2D eigenvalue weighted by Gasteiger charge is 2.23. The SMILES string of the molecule is CN/C=C(\C=N)c1cc(Nc2nc(Nc3ccc4nccnc4c3P(C)(C)=O)c3cc[nH]c3n2)c(OC)cc1N(C)CCOC. The molecule has 0 unspecified atom stereocenters. The van der Waals surface area contributed by atoms with Crippen molar-refractivity contribution in [1.82, 2.24) is 30.2 Å². The van der Waals surface area contributed by atoms with Crippen LogP contribution in [-0.2, 0) is 9.30 Å². The summed E-state index contributed by atoms with van der Waals surface area (Å²) in [5.74, 6) is 1.36. The van der Waals surface area contributed by atoms with Crippen molar-refractivity contribution in [1.29, 1.82) is 5.41 Å². The summed E-state index contributed by atoms with van der Waals surface area (Å²) in [6.45, 7) is 4.60. The van der Waals surface area contributed by atoms with Gasteiger partial charge < -0.3 is 45.3 Å². The first kappa shape index (κ1) is 31.4. The van der Waals surface area contributed by atoms with Crippen LogP contribution in [0.5, 0.6) is 5.75 Å². The molecule has 0 bridgehead atoms. The van der Waals surface area contributed by atoms with E-state index >= 15 is 0 Å². The van der Waals surface area contributed by atoms with Crippen LogP contribution >= 0.6 is 7.14 Å². The zero-order chi connectivity index (χ0) is 32.1. The first-order chi connectivity index (χ1) is 21.7. The number of likely N-dealkylation sites (N-methyl/N-ethyl adjacent to an activating group) is 1. The molecule has 3 heterocycles. The molecule has 0 aliphatic rings. The maximum Gasteiger partial charge on any atom is 0.231 e. The van der Waals surface area contributed by atoms with Gasteiger partial charge in [0.05, 0.1) is 41.3 Å². The normalized spacial score (nSPS) is 11.9. The maximum absolute atomic E-state index is 13.5. The Balaban J connectivity index is 1.61. The number of ether oxygens (including phenoxy) is 2. The molecule has 5 aromatic rings. The smallest absolute Gasteiger partial charge is 0.231 e. The highest BCUT2D eigenvalue weighted by molar-refractivity contribution is 7.71. The van der Waals surface area contributed by atoms with Crippen LogP contribution in [0.25, 0.3) is 27.6 Å². The molecule has 0 fully saturated rings. The minimum atomic E-state index is -2.79. The predicted molar refractivity (Wildman–Crippen MR) is 183 cm³/mol. The number of aromatic amines is 1.